The van der Waals surface area contributed by atoms with Crippen LogP contribution in [-0.2, 0) is 21.2 Å². The Bertz CT molecular complexity index is 782. The minimum atomic E-state index is -3.29. The number of aryl methyl sites for hydroxylation is 1. The van der Waals surface area contributed by atoms with E-state index in [4.69, 9.17) is 0 Å². The first kappa shape index (κ1) is 17.0. The predicted molar refractivity (Wildman–Crippen MR) is 93.2 cm³/mol. The Morgan fingerprint density at radius 2 is 1.61 bits per heavy atom. The molecule has 0 atom stereocenters. The number of amides is 1. The van der Waals surface area contributed by atoms with Crippen LogP contribution in [0.5, 0.6) is 0 Å². The van der Waals surface area contributed by atoms with Gasteiger partial charge in [0.25, 0.3) is 0 Å². The number of nitrogens with zero attached hydrogens (tertiary/aromatic N) is 1. The average Bonchev–Trinajstić information content (AvgIpc) is 2.49. The van der Waals surface area contributed by atoms with Gasteiger partial charge in [-0.3, -0.25) is 9.10 Å². The van der Waals surface area contributed by atoms with Gasteiger partial charge >= 0.3 is 0 Å². The molecule has 5 nitrogen and oxygen atoms in total. The third kappa shape index (κ3) is 4.82. The largest absolute Gasteiger partial charge is 0.326 e. The molecule has 23 heavy (non-hydrogen) atoms. The third-order valence-electron chi connectivity index (χ3n) is 3.50. The van der Waals surface area contributed by atoms with Crippen LogP contribution in [0.1, 0.15) is 11.1 Å². The van der Waals surface area contributed by atoms with Crippen molar-refractivity contribution in [2.45, 2.75) is 13.3 Å². The lowest BCUT2D eigenvalue weighted by Crippen LogP contribution is -2.24. The van der Waals surface area contributed by atoms with Crippen molar-refractivity contribution in [1.82, 2.24) is 0 Å². The molecule has 0 spiro atoms. The predicted octanol–water partition coefficient (Wildman–Crippen LogP) is 2.57. The van der Waals surface area contributed by atoms with Crippen molar-refractivity contribution in [3.63, 3.8) is 0 Å². The summed E-state index contributed by atoms with van der Waals surface area (Å²) in [6.07, 6.45) is 1.44. The Hall–Kier alpha value is -2.34. The van der Waals surface area contributed by atoms with Crippen LogP contribution in [0.25, 0.3) is 0 Å². The lowest BCUT2D eigenvalue weighted by atomic mass is 10.1. The lowest BCUT2D eigenvalue weighted by molar-refractivity contribution is -0.115. The minimum absolute atomic E-state index is 0.113. The van der Waals surface area contributed by atoms with Crippen LogP contribution in [0.2, 0.25) is 0 Å². The molecule has 0 unspecified atom stereocenters. The van der Waals surface area contributed by atoms with Crippen molar-refractivity contribution in [2.75, 3.05) is 22.9 Å². The van der Waals surface area contributed by atoms with Crippen LogP contribution >= 0.6 is 0 Å². The van der Waals surface area contributed by atoms with Crippen LogP contribution in [0.15, 0.2) is 48.5 Å². The van der Waals surface area contributed by atoms with Crippen molar-refractivity contribution in [3.8, 4) is 0 Å². The molecule has 2 rings (SSSR count). The maximum absolute atomic E-state index is 12.0. The van der Waals surface area contributed by atoms with Gasteiger partial charge in [0.15, 0.2) is 0 Å². The van der Waals surface area contributed by atoms with E-state index in [1.807, 2.05) is 31.2 Å². The highest BCUT2D eigenvalue weighted by Gasteiger charge is 2.11. The van der Waals surface area contributed by atoms with E-state index in [0.717, 1.165) is 17.4 Å². The normalized spacial score (nSPS) is 11.1. The van der Waals surface area contributed by atoms with Crippen molar-refractivity contribution >= 4 is 27.3 Å². The fourth-order valence-electron chi connectivity index (χ4n) is 2.04. The number of nitrogens with one attached hydrogen (secondary N) is 1. The standard InChI is InChI=1S/C17H20N2O3S/c1-13-4-6-14(7-5-13)12-17(20)18-15-8-10-16(11-9-15)19(2)23(3,21)22/h4-11H,12H2,1-3H3,(H,18,20). The summed E-state index contributed by atoms with van der Waals surface area (Å²) in [6, 6.07) is 14.5. The minimum Gasteiger partial charge on any atom is -0.326 e. The fraction of sp³-hybridized carbons (Fsp3) is 0.235. The number of hydrogen-bond acceptors (Lipinski definition) is 3. The van der Waals surface area contributed by atoms with E-state index in [0.29, 0.717) is 17.8 Å². The van der Waals surface area contributed by atoms with Crippen LogP contribution in [0.3, 0.4) is 0 Å². The zero-order valence-electron chi connectivity index (χ0n) is 13.4. The van der Waals surface area contributed by atoms with Gasteiger partial charge in [-0.25, -0.2) is 8.42 Å². The highest BCUT2D eigenvalue weighted by atomic mass is 32.2. The maximum atomic E-state index is 12.0. The van der Waals surface area contributed by atoms with Crippen molar-refractivity contribution in [2.24, 2.45) is 0 Å². The Morgan fingerprint density at radius 1 is 1.04 bits per heavy atom. The van der Waals surface area contributed by atoms with Crippen molar-refractivity contribution < 1.29 is 13.2 Å². The molecule has 0 aliphatic heterocycles. The molecule has 122 valence electrons. The van der Waals surface area contributed by atoms with Crippen LogP contribution in [0.4, 0.5) is 11.4 Å². The van der Waals surface area contributed by atoms with E-state index < -0.39 is 10.0 Å². The number of sulfonamides is 1. The van der Waals surface area contributed by atoms with Crippen LogP contribution in [0, 0.1) is 6.92 Å². The molecular formula is C17H20N2O3S. The summed E-state index contributed by atoms with van der Waals surface area (Å²) < 4.78 is 24.1. The summed E-state index contributed by atoms with van der Waals surface area (Å²) in [4.78, 5) is 12.0. The molecule has 6 heteroatoms. The van der Waals surface area contributed by atoms with Gasteiger partial charge < -0.3 is 5.32 Å². The van der Waals surface area contributed by atoms with Crippen LogP contribution < -0.4 is 9.62 Å². The Morgan fingerprint density at radius 3 is 2.13 bits per heavy atom. The molecule has 0 heterocycles. The SMILES string of the molecule is Cc1ccc(CC(=O)Nc2ccc(N(C)S(C)(=O)=O)cc2)cc1. The van der Waals surface area contributed by atoms with E-state index in [1.165, 1.54) is 11.4 Å². The smallest absolute Gasteiger partial charge is 0.231 e. The van der Waals surface area contributed by atoms with E-state index in [9.17, 15) is 13.2 Å². The van der Waals surface area contributed by atoms with Crippen molar-refractivity contribution in [3.05, 3.63) is 59.7 Å². The Kier molecular flexibility index (Phi) is 5.05. The second-order valence-corrected chi connectivity index (χ2v) is 7.50. The zero-order chi connectivity index (χ0) is 17.0. The highest BCUT2D eigenvalue weighted by molar-refractivity contribution is 7.92. The van der Waals surface area contributed by atoms with Gasteiger partial charge in [0.1, 0.15) is 0 Å². The first-order valence-corrected chi connectivity index (χ1v) is 9.00. The van der Waals surface area contributed by atoms with Crippen LogP contribution in [-0.4, -0.2) is 27.6 Å². The molecule has 0 aliphatic rings. The molecular weight excluding hydrogens is 312 g/mol. The van der Waals surface area contributed by atoms with Gasteiger partial charge in [0, 0.05) is 12.7 Å². The monoisotopic (exact) mass is 332 g/mol. The maximum Gasteiger partial charge on any atom is 0.231 e. The van der Waals surface area contributed by atoms with E-state index in [1.54, 1.807) is 24.3 Å². The molecule has 1 N–H and O–H groups in total. The molecule has 0 fully saturated rings. The second kappa shape index (κ2) is 6.83. The first-order chi connectivity index (χ1) is 10.8. The quantitative estimate of drug-likeness (QED) is 0.915. The number of rotatable bonds is 5. The van der Waals surface area contributed by atoms with Crippen molar-refractivity contribution in [1.29, 1.82) is 0 Å². The third-order valence-corrected chi connectivity index (χ3v) is 4.70. The summed E-state index contributed by atoms with van der Waals surface area (Å²) in [5.74, 6) is -0.113. The fourth-order valence-corrected chi connectivity index (χ4v) is 2.55. The van der Waals surface area contributed by atoms with Gasteiger partial charge in [-0.1, -0.05) is 29.8 Å². The molecule has 2 aromatic rings. The average molecular weight is 332 g/mol. The summed E-state index contributed by atoms with van der Waals surface area (Å²) in [5, 5.41) is 2.80. The molecule has 0 aliphatic carbocycles. The molecule has 0 aromatic heterocycles. The summed E-state index contributed by atoms with van der Waals surface area (Å²) >= 11 is 0. The number of benzene rings is 2. The molecule has 0 radical (unpaired) electrons. The van der Waals surface area contributed by atoms with Gasteiger partial charge in [-0.2, -0.15) is 0 Å². The van der Waals surface area contributed by atoms with Gasteiger partial charge in [-0.05, 0) is 36.8 Å². The molecule has 2 aromatic carbocycles. The highest BCUT2D eigenvalue weighted by Crippen LogP contribution is 2.19. The summed E-state index contributed by atoms with van der Waals surface area (Å²) in [7, 11) is -1.80. The van der Waals surface area contributed by atoms with E-state index in [2.05, 4.69) is 5.32 Å². The van der Waals surface area contributed by atoms with Gasteiger partial charge in [0.2, 0.25) is 15.9 Å². The lowest BCUT2D eigenvalue weighted by Gasteiger charge is -2.16. The van der Waals surface area contributed by atoms with E-state index in [-0.39, 0.29) is 5.91 Å². The van der Waals surface area contributed by atoms with Gasteiger partial charge in [0.05, 0.1) is 18.4 Å². The summed E-state index contributed by atoms with van der Waals surface area (Å²) in [6.45, 7) is 2.00. The first-order valence-electron chi connectivity index (χ1n) is 7.15. The topological polar surface area (TPSA) is 66.5 Å². The number of anilines is 2. The second-order valence-electron chi connectivity index (χ2n) is 5.49. The number of hydrogen-bond donors (Lipinski definition) is 1. The number of carbonyl (C=O) groups is 1. The molecule has 0 saturated heterocycles. The molecule has 1 amide bonds. The zero-order valence-corrected chi connectivity index (χ0v) is 14.2. The van der Waals surface area contributed by atoms with Gasteiger partial charge in [-0.15, -0.1) is 0 Å². The molecule has 0 bridgehead atoms. The number of carbonyl (C=O) groups excluding carboxylic acids is 1. The Labute approximate surface area is 137 Å². The molecule has 0 saturated carbocycles. The Balaban J connectivity index is 2.00. The van der Waals surface area contributed by atoms with E-state index >= 15 is 0 Å². The summed E-state index contributed by atoms with van der Waals surface area (Å²) in [5.41, 5.74) is 3.28.